The Morgan fingerprint density at radius 2 is 1.27 bits per heavy atom. The van der Waals surface area contributed by atoms with E-state index < -0.39 is 34.2 Å². The first-order chi connectivity index (χ1) is 11.7. The first-order valence-corrected chi connectivity index (χ1v) is 7.76. The van der Waals surface area contributed by atoms with Gasteiger partial charge in [-0.15, -0.1) is 4.90 Å². The number of ether oxygens (including phenoxy) is 2. The number of nitrogens with zero attached hydrogens (tertiary/aromatic N) is 2. The van der Waals surface area contributed by atoms with Crippen molar-refractivity contribution in [1.82, 2.24) is 4.90 Å². The number of carbonyl (C=O) groups excluding carboxylic acids is 3. The van der Waals surface area contributed by atoms with E-state index in [0.29, 0.717) is 0 Å². The summed E-state index contributed by atoms with van der Waals surface area (Å²) in [5.41, 5.74) is -2.24. The molecule has 0 aliphatic carbocycles. The quantitative estimate of drug-likeness (QED) is 0.575. The summed E-state index contributed by atoms with van der Waals surface area (Å²) in [5.74, 6) is -1.01. The van der Waals surface area contributed by atoms with Crippen molar-refractivity contribution < 1.29 is 28.8 Å². The fourth-order valence-corrected chi connectivity index (χ4v) is 1.71. The van der Waals surface area contributed by atoms with E-state index in [0.717, 1.165) is 24.3 Å². The van der Waals surface area contributed by atoms with Crippen LogP contribution in [-0.2, 0) is 9.47 Å². The molecule has 9 nitrogen and oxygen atoms in total. The first-order valence-electron chi connectivity index (χ1n) is 7.76. The van der Waals surface area contributed by atoms with Crippen molar-refractivity contribution in [2.75, 3.05) is 0 Å². The van der Waals surface area contributed by atoms with E-state index in [-0.39, 0.29) is 16.2 Å². The second-order valence-electron chi connectivity index (χ2n) is 7.41. The summed E-state index contributed by atoms with van der Waals surface area (Å²) >= 11 is 0. The highest BCUT2D eigenvalue weighted by atomic mass is 16.6. The number of nitro benzene ring substituents is 1. The molecule has 0 saturated heterocycles. The number of hydrogen-bond acceptors (Lipinski definition) is 7. The highest BCUT2D eigenvalue weighted by molar-refractivity contribution is 6.13. The Bertz CT molecular complexity index is 684. The van der Waals surface area contributed by atoms with E-state index in [9.17, 15) is 24.5 Å². The predicted octanol–water partition coefficient (Wildman–Crippen LogP) is 3.91. The van der Waals surface area contributed by atoms with Gasteiger partial charge in [-0.25, -0.2) is 9.59 Å². The van der Waals surface area contributed by atoms with E-state index in [4.69, 9.17) is 9.47 Å². The lowest BCUT2D eigenvalue weighted by molar-refractivity contribution is -0.384. The summed E-state index contributed by atoms with van der Waals surface area (Å²) in [6.45, 7) is 9.47. The van der Waals surface area contributed by atoms with Gasteiger partial charge in [-0.05, 0) is 53.7 Å². The lowest BCUT2D eigenvalue weighted by Crippen LogP contribution is -2.46. The lowest BCUT2D eigenvalue weighted by Gasteiger charge is -2.27. The summed E-state index contributed by atoms with van der Waals surface area (Å²) < 4.78 is 10.2. The molecule has 0 fully saturated rings. The molecule has 26 heavy (non-hydrogen) atoms. The summed E-state index contributed by atoms with van der Waals surface area (Å²) in [7, 11) is 0. The number of rotatable bonds is 2. The molecule has 0 spiro atoms. The summed E-state index contributed by atoms with van der Waals surface area (Å²) in [4.78, 5) is 47.6. The molecular weight excluding hydrogens is 344 g/mol. The van der Waals surface area contributed by atoms with Gasteiger partial charge in [0.1, 0.15) is 11.2 Å². The van der Waals surface area contributed by atoms with Crippen LogP contribution in [0.1, 0.15) is 51.9 Å². The number of carbonyl (C=O) groups is 3. The minimum absolute atomic E-state index is 0.104. The van der Waals surface area contributed by atoms with Gasteiger partial charge in [0.05, 0.1) is 4.92 Å². The smallest absolute Gasteiger partial charge is 0.427 e. The first kappa shape index (κ1) is 21.1. The van der Waals surface area contributed by atoms with Gasteiger partial charge in [0.2, 0.25) is 0 Å². The largest absolute Gasteiger partial charge is 0.443 e. The summed E-state index contributed by atoms with van der Waals surface area (Å²) in [5, 5.41) is 10.7. The van der Waals surface area contributed by atoms with E-state index in [1.807, 2.05) is 0 Å². The molecule has 1 aromatic rings. The molecule has 1 rings (SSSR count). The van der Waals surface area contributed by atoms with Gasteiger partial charge in [-0.3, -0.25) is 14.9 Å². The zero-order valence-corrected chi connectivity index (χ0v) is 15.6. The summed E-state index contributed by atoms with van der Waals surface area (Å²) in [6, 6.07) is 4.47. The Morgan fingerprint density at radius 1 is 0.885 bits per heavy atom. The molecule has 1 aromatic carbocycles. The number of amides is 3. The highest BCUT2D eigenvalue weighted by Crippen LogP contribution is 2.19. The zero-order chi connectivity index (χ0) is 20.3. The van der Waals surface area contributed by atoms with Crippen LogP contribution in [0.3, 0.4) is 0 Å². The van der Waals surface area contributed by atoms with Gasteiger partial charge in [0, 0.05) is 17.7 Å². The third-order valence-corrected chi connectivity index (χ3v) is 2.68. The molecule has 0 radical (unpaired) electrons. The predicted molar refractivity (Wildman–Crippen MR) is 91.7 cm³/mol. The molecule has 0 N–H and O–H groups in total. The molecule has 0 heterocycles. The minimum Gasteiger partial charge on any atom is -0.443 e. The van der Waals surface area contributed by atoms with Crippen molar-refractivity contribution in [3.63, 3.8) is 0 Å². The standard InChI is InChI=1S/C17H22N2O7/c1-16(2,3)25-14(21)18(15(22)26-17(4,5)6)13(20)11-7-9-12(10-8-11)19(23)24/h7-10H,1-6H3. The van der Waals surface area contributed by atoms with Crippen molar-refractivity contribution in [3.8, 4) is 0 Å². The van der Waals surface area contributed by atoms with Crippen LogP contribution in [0.15, 0.2) is 24.3 Å². The molecule has 0 unspecified atom stereocenters. The number of imide groups is 3. The summed E-state index contributed by atoms with van der Waals surface area (Å²) in [6.07, 6.45) is -2.40. The van der Waals surface area contributed by atoms with Crippen LogP contribution in [0.2, 0.25) is 0 Å². The van der Waals surface area contributed by atoms with Crippen LogP contribution >= 0.6 is 0 Å². The number of benzene rings is 1. The van der Waals surface area contributed by atoms with Crippen molar-refractivity contribution in [2.45, 2.75) is 52.7 Å². The molecule has 0 aliphatic heterocycles. The van der Waals surface area contributed by atoms with Crippen LogP contribution in [0.4, 0.5) is 15.3 Å². The lowest BCUT2D eigenvalue weighted by atomic mass is 10.2. The van der Waals surface area contributed by atoms with Crippen LogP contribution in [-0.4, -0.2) is 39.1 Å². The molecule has 3 amide bonds. The third-order valence-electron chi connectivity index (χ3n) is 2.68. The third kappa shape index (κ3) is 6.15. The Morgan fingerprint density at radius 3 is 1.58 bits per heavy atom. The minimum atomic E-state index is -1.20. The van der Waals surface area contributed by atoms with E-state index in [2.05, 4.69) is 0 Å². The Balaban J connectivity index is 3.21. The van der Waals surface area contributed by atoms with Gasteiger partial charge < -0.3 is 9.47 Å². The van der Waals surface area contributed by atoms with Crippen LogP contribution in [0, 0.1) is 10.1 Å². The fourth-order valence-electron chi connectivity index (χ4n) is 1.71. The average molecular weight is 366 g/mol. The van der Waals surface area contributed by atoms with Crippen molar-refractivity contribution in [3.05, 3.63) is 39.9 Å². The number of non-ortho nitro benzene ring substituents is 1. The SMILES string of the molecule is CC(C)(C)OC(=O)N(C(=O)OC(C)(C)C)C(=O)c1ccc([N+](=O)[O-])cc1. The molecule has 0 aromatic heterocycles. The van der Waals surface area contributed by atoms with E-state index in [1.165, 1.54) is 0 Å². The monoisotopic (exact) mass is 366 g/mol. The zero-order valence-electron chi connectivity index (χ0n) is 15.6. The van der Waals surface area contributed by atoms with Gasteiger partial charge >= 0.3 is 12.2 Å². The molecule has 0 bridgehead atoms. The molecule has 9 heteroatoms. The number of nitro groups is 1. The maximum Gasteiger partial charge on any atom is 0.427 e. The average Bonchev–Trinajstić information content (AvgIpc) is 2.43. The fraction of sp³-hybridized carbons (Fsp3) is 0.471. The van der Waals surface area contributed by atoms with Crippen LogP contribution in [0.5, 0.6) is 0 Å². The second kappa shape index (κ2) is 7.51. The van der Waals surface area contributed by atoms with Crippen LogP contribution < -0.4 is 0 Å². The second-order valence-corrected chi connectivity index (χ2v) is 7.41. The Hall–Kier alpha value is -2.97. The molecular formula is C17H22N2O7. The van der Waals surface area contributed by atoms with E-state index in [1.54, 1.807) is 41.5 Å². The van der Waals surface area contributed by atoms with Gasteiger partial charge in [-0.1, -0.05) is 0 Å². The molecule has 0 aliphatic rings. The Kier molecular flexibility index (Phi) is 6.08. The van der Waals surface area contributed by atoms with Gasteiger partial charge in [-0.2, -0.15) is 0 Å². The van der Waals surface area contributed by atoms with Gasteiger partial charge in [0.15, 0.2) is 0 Å². The maximum absolute atomic E-state index is 12.6. The molecule has 0 saturated carbocycles. The maximum atomic E-state index is 12.6. The normalized spacial score (nSPS) is 11.5. The van der Waals surface area contributed by atoms with E-state index >= 15 is 0 Å². The Labute approximate surface area is 151 Å². The number of hydrogen-bond donors (Lipinski definition) is 0. The van der Waals surface area contributed by atoms with Crippen LogP contribution in [0.25, 0.3) is 0 Å². The highest BCUT2D eigenvalue weighted by Gasteiger charge is 2.37. The topological polar surface area (TPSA) is 116 Å². The van der Waals surface area contributed by atoms with Crippen molar-refractivity contribution in [1.29, 1.82) is 0 Å². The van der Waals surface area contributed by atoms with Crippen molar-refractivity contribution >= 4 is 23.8 Å². The van der Waals surface area contributed by atoms with Gasteiger partial charge in [0.25, 0.3) is 11.6 Å². The molecule has 142 valence electrons. The molecule has 0 atom stereocenters. The van der Waals surface area contributed by atoms with Crippen molar-refractivity contribution in [2.24, 2.45) is 0 Å².